The first-order chi connectivity index (χ1) is 9.79. The van der Waals surface area contributed by atoms with Crippen molar-refractivity contribution in [2.24, 2.45) is 0 Å². The minimum Gasteiger partial charge on any atom is -0.377 e. The number of anilines is 1. The highest BCUT2D eigenvalue weighted by Crippen LogP contribution is 2.17. The molecule has 1 unspecified atom stereocenters. The fraction of sp³-hybridized carbons (Fsp3) is 0.688. The van der Waals surface area contributed by atoms with E-state index in [2.05, 4.69) is 35.2 Å². The zero-order valence-electron chi connectivity index (χ0n) is 12.8. The van der Waals surface area contributed by atoms with E-state index in [-0.39, 0.29) is 0 Å². The van der Waals surface area contributed by atoms with Crippen molar-refractivity contribution in [3.05, 3.63) is 23.9 Å². The maximum Gasteiger partial charge on any atom is 0.130 e. The van der Waals surface area contributed by atoms with E-state index in [1.54, 1.807) is 0 Å². The molecule has 112 valence electrons. The molecule has 1 N–H and O–H groups in total. The van der Waals surface area contributed by atoms with Crippen molar-refractivity contribution in [3.8, 4) is 0 Å². The van der Waals surface area contributed by atoms with Crippen LogP contribution in [0.3, 0.4) is 0 Å². The third kappa shape index (κ3) is 4.76. The molecule has 0 saturated carbocycles. The number of hydrogen-bond donors (Lipinski definition) is 1. The Bertz CT molecular complexity index is 391. The molecule has 0 radical (unpaired) electrons. The molecular weight excluding hydrogens is 250 g/mol. The smallest absolute Gasteiger partial charge is 0.130 e. The molecule has 1 aromatic heterocycles. The summed E-state index contributed by atoms with van der Waals surface area (Å²) in [6, 6.07) is 4.17. The monoisotopic (exact) mass is 277 g/mol. The Balaban J connectivity index is 1.87. The number of likely N-dealkylation sites (N-methyl/N-ethyl adjacent to an activating group) is 1. The molecule has 0 spiro atoms. The summed E-state index contributed by atoms with van der Waals surface area (Å²) < 4.78 is 5.81. The molecule has 0 aliphatic carbocycles. The van der Waals surface area contributed by atoms with Gasteiger partial charge < -0.3 is 10.1 Å². The lowest BCUT2D eigenvalue weighted by molar-refractivity contribution is -0.00257. The van der Waals surface area contributed by atoms with Crippen molar-refractivity contribution in [1.29, 1.82) is 0 Å². The Kier molecular flexibility index (Phi) is 6.27. The van der Waals surface area contributed by atoms with Crippen LogP contribution in [0.4, 0.5) is 5.82 Å². The molecule has 1 fully saturated rings. The van der Waals surface area contributed by atoms with Gasteiger partial charge >= 0.3 is 0 Å². The predicted molar refractivity (Wildman–Crippen MR) is 82.9 cm³/mol. The van der Waals surface area contributed by atoms with Gasteiger partial charge in [0.15, 0.2) is 0 Å². The molecule has 1 atom stereocenters. The summed E-state index contributed by atoms with van der Waals surface area (Å²) in [5.74, 6) is 1.02. The average molecular weight is 277 g/mol. The summed E-state index contributed by atoms with van der Waals surface area (Å²) in [6.45, 7) is 5.98. The van der Waals surface area contributed by atoms with Crippen LogP contribution in [0, 0.1) is 0 Å². The van der Waals surface area contributed by atoms with Gasteiger partial charge in [0.1, 0.15) is 5.82 Å². The van der Waals surface area contributed by atoms with Crippen LogP contribution in [-0.4, -0.2) is 42.7 Å². The van der Waals surface area contributed by atoms with Crippen LogP contribution in [0.5, 0.6) is 0 Å². The Morgan fingerprint density at radius 2 is 2.35 bits per heavy atom. The van der Waals surface area contributed by atoms with Crippen LogP contribution in [0.2, 0.25) is 0 Å². The number of pyridine rings is 1. The first kappa shape index (κ1) is 15.3. The van der Waals surface area contributed by atoms with E-state index in [0.29, 0.717) is 6.10 Å². The van der Waals surface area contributed by atoms with E-state index in [1.807, 2.05) is 12.3 Å². The van der Waals surface area contributed by atoms with Gasteiger partial charge in [0, 0.05) is 38.0 Å². The highest BCUT2D eigenvalue weighted by atomic mass is 16.5. The van der Waals surface area contributed by atoms with Crippen LogP contribution in [0.1, 0.15) is 38.2 Å². The van der Waals surface area contributed by atoms with Crippen molar-refractivity contribution in [2.75, 3.05) is 32.1 Å². The number of rotatable bonds is 7. The fourth-order valence-electron chi connectivity index (χ4n) is 2.62. The summed E-state index contributed by atoms with van der Waals surface area (Å²) in [4.78, 5) is 6.78. The fourth-order valence-corrected chi connectivity index (χ4v) is 2.62. The van der Waals surface area contributed by atoms with E-state index in [1.165, 1.54) is 24.8 Å². The molecular formula is C16H27N3O. The molecule has 4 nitrogen and oxygen atoms in total. The van der Waals surface area contributed by atoms with Crippen molar-refractivity contribution in [2.45, 2.75) is 45.3 Å². The summed E-state index contributed by atoms with van der Waals surface area (Å²) in [5, 5.41) is 3.40. The zero-order chi connectivity index (χ0) is 14.2. The van der Waals surface area contributed by atoms with Gasteiger partial charge in [-0.3, -0.25) is 4.90 Å². The molecule has 0 amide bonds. The van der Waals surface area contributed by atoms with Gasteiger partial charge in [0.2, 0.25) is 0 Å². The number of nitrogens with one attached hydrogen (secondary N) is 1. The molecule has 1 aliphatic heterocycles. The van der Waals surface area contributed by atoms with Gasteiger partial charge in [0.05, 0.1) is 6.10 Å². The van der Waals surface area contributed by atoms with Crippen LogP contribution < -0.4 is 5.32 Å². The molecule has 1 aromatic rings. The summed E-state index contributed by atoms with van der Waals surface area (Å²) in [6.07, 6.45) is 7.08. The van der Waals surface area contributed by atoms with E-state index in [0.717, 1.165) is 38.5 Å². The first-order valence-corrected chi connectivity index (χ1v) is 7.77. The van der Waals surface area contributed by atoms with Gasteiger partial charge in [-0.05, 0) is 38.8 Å². The van der Waals surface area contributed by atoms with E-state index in [9.17, 15) is 0 Å². The number of aromatic nitrogens is 1. The number of ether oxygens (including phenoxy) is 1. The van der Waals surface area contributed by atoms with Gasteiger partial charge in [-0.15, -0.1) is 0 Å². The summed E-state index contributed by atoms with van der Waals surface area (Å²) in [5.41, 5.74) is 1.26. The van der Waals surface area contributed by atoms with Gasteiger partial charge in [-0.25, -0.2) is 4.98 Å². The zero-order valence-corrected chi connectivity index (χ0v) is 12.8. The van der Waals surface area contributed by atoms with Crippen LogP contribution in [0.25, 0.3) is 0 Å². The maximum absolute atomic E-state index is 5.81. The van der Waals surface area contributed by atoms with Crippen molar-refractivity contribution in [3.63, 3.8) is 0 Å². The molecule has 1 aliphatic rings. The van der Waals surface area contributed by atoms with Crippen molar-refractivity contribution >= 4 is 5.82 Å². The van der Waals surface area contributed by atoms with E-state index >= 15 is 0 Å². The highest BCUT2D eigenvalue weighted by molar-refractivity contribution is 5.43. The maximum atomic E-state index is 5.81. The van der Waals surface area contributed by atoms with Crippen LogP contribution in [-0.2, 0) is 11.3 Å². The lowest BCUT2D eigenvalue weighted by atomic mass is 10.1. The Morgan fingerprint density at radius 3 is 3.10 bits per heavy atom. The molecule has 2 rings (SSSR count). The number of hydrogen-bond acceptors (Lipinski definition) is 4. The second kappa shape index (κ2) is 8.22. The molecule has 4 heteroatoms. The predicted octanol–water partition coefficient (Wildman–Crippen LogP) is 2.90. The second-order valence-electron chi connectivity index (χ2n) is 5.62. The SMILES string of the molecule is CCCNc1ncccc1CN(C)CC1CCCCO1. The molecule has 0 bridgehead atoms. The Labute approximate surface area is 122 Å². The topological polar surface area (TPSA) is 37.4 Å². The largest absolute Gasteiger partial charge is 0.377 e. The Morgan fingerprint density at radius 1 is 1.45 bits per heavy atom. The third-order valence-corrected chi connectivity index (χ3v) is 3.66. The highest BCUT2D eigenvalue weighted by Gasteiger charge is 2.16. The third-order valence-electron chi connectivity index (χ3n) is 3.66. The standard InChI is InChI=1S/C16H27N3O/c1-3-9-17-16-14(7-6-10-18-16)12-19(2)13-15-8-4-5-11-20-15/h6-7,10,15H,3-5,8-9,11-13H2,1-2H3,(H,17,18). The molecule has 2 heterocycles. The Hall–Kier alpha value is -1.13. The van der Waals surface area contributed by atoms with Gasteiger partial charge in [0.25, 0.3) is 0 Å². The second-order valence-corrected chi connectivity index (χ2v) is 5.62. The van der Waals surface area contributed by atoms with E-state index < -0.39 is 0 Å². The summed E-state index contributed by atoms with van der Waals surface area (Å²) >= 11 is 0. The van der Waals surface area contributed by atoms with Crippen LogP contribution in [0.15, 0.2) is 18.3 Å². The molecule has 1 saturated heterocycles. The van der Waals surface area contributed by atoms with Crippen LogP contribution >= 0.6 is 0 Å². The van der Waals surface area contributed by atoms with Crippen molar-refractivity contribution < 1.29 is 4.74 Å². The first-order valence-electron chi connectivity index (χ1n) is 7.77. The van der Waals surface area contributed by atoms with E-state index in [4.69, 9.17) is 4.74 Å². The minimum atomic E-state index is 0.400. The van der Waals surface area contributed by atoms with Gasteiger partial charge in [-0.1, -0.05) is 13.0 Å². The summed E-state index contributed by atoms with van der Waals surface area (Å²) in [7, 11) is 2.16. The van der Waals surface area contributed by atoms with Crippen molar-refractivity contribution in [1.82, 2.24) is 9.88 Å². The number of nitrogens with zero attached hydrogens (tertiary/aromatic N) is 2. The molecule has 20 heavy (non-hydrogen) atoms. The lowest BCUT2D eigenvalue weighted by Crippen LogP contribution is -2.33. The minimum absolute atomic E-state index is 0.400. The van der Waals surface area contributed by atoms with Gasteiger partial charge in [-0.2, -0.15) is 0 Å². The quantitative estimate of drug-likeness (QED) is 0.831. The average Bonchev–Trinajstić information content (AvgIpc) is 2.47. The lowest BCUT2D eigenvalue weighted by Gasteiger charge is -2.27. The molecule has 0 aromatic carbocycles. The normalized spacial score (nSPS) is 19.2.